The molecule has 1 aromatic heterocycles. The smallest absolute Gasteiger partial charge is 0.181 e. The van der Waals surface area contributed by atoms with Crippen LogP contribution in [-0.4, -0.2) is 9.97 Å². The Kier molecular flexibility index (Phi) is 6.21. The first kappa shape index (κ1) is 20.2. The van der Waals surface area contributed by atoms with Crippen LogP contribution in [-0.2, 0) is 0 Å². The van der Waals surface area contributed by atoms with Gasteiger partial charge < -0.3 is 20.8 Å². The van der Waals surface area contributed by atoms with Crippen molar-refractivity contribution in [2.24, 2.45) is 0 Å². The second kappa shape index (κ2) is 8.63. The number of hydrogen-bond donors (Lipinski definition) is 3. The van der Waals surface area contributed by atoms with E-state index in [1.807, 2.05) is 20.8 Å². The molecule has 148 valence electrons. The zero-order valence-electron chi connectivity index (χ0n) is 16.1. The maximum Gasteiger partial charge on any atom is 0.181 e. The standard InChI is InChI=1S/C21H24ClFN4O/c1-4-18(27-13(3)19-10-25-11-26-19)15-6-7-16(22)21(20(15)23)28-14-5-8-17(24)12(2)9-14/h5-11,13,18,27H,4,24H2,1-3H3,(H,25,26)/t13-,18+/m0/s1. The van der Waals surface area contributed by atoms with E-state index in [0.29, 0.717) is 23.4 Å². The number of hydrogen-bond acceptors (Lipinski definition) is 4. The van der Waals surface area contributed by atoms with E-state index in [1.54, 1.807) is 42.9 Å². The molecule has 0 saturated heterocycles. The number of ether oxygens (including phenoxy) is 1. The van der Waals surface area contributed by atoms with E-state index in [9.17, 15) is 0 Å². The second-order valence-electron chi connectivity index (χ2n) is 6.76. The van der Waals surface area contributed by atoms with E-state index in [-0.39, 0.29) is 22.9 Å². The Morgan fingerprint density at radius 1 is 1.32 bits per heavy atom. The molecule has 0 unspecified atom stereocenters. The number of halogens is 2. The van der Waals surface area contributed by atoms with E-state index in [4.69, 9.17) is 22.1 Å². The lowest BCUT2D eigenvalue weighted by molar-refractivity contribution is 0.408. The van der Waals surface area contributed by atoms with Gasteiger partial charge >= 0.3 is 0 Å². The fourth-order valence-electron chi connectivity index (χ4n) is 3.06. The van der Waals surface area contributed by atoms with Crippen molar-refractivity contribution in [2.75, 3.05) is 5.73 Å². The lowest BCUT2D eigenvalue weighted by Crippen LogP contribution is -2.25. The number of nitrogens with two attached hydrogens (primary N) is 1. The molecule has 0 amide bonds. The average molecular weight is 403 g/mol. The third-order valence-corrected chi connectivity index (χ3v) is 5.06. The Morgan fingerprint density at radius 2 is 2.11 bits per heavy atom. The fraction of sp³-hybridized carbons (Fsp3) is 0.286. The first-order chi connectivity index (χ1) is 13.4. The number of aryl methyl sites for hydroxylation is 1. The van der Waals surface area contributed by atoms with Gasteiger partial charge in [-0.05, 0) is 50.1 Å². The summed E-state index contributed by atoms with van der Waals surface area (Å²) < 4.78 is 21.1. The molecular formula is C21H24ClFN4O. The van der Waals surface area contributed by atoms with Crippen LogP contribution in [0.5, 0.6) is 11.5 Å². The van der Waals surface area contributed by atoms with Gasteiger partial charge in [-0.15, -0.1) is 0 Å². The van der Waals surface area contributed by atoms with Crippen LogP contribution in [0.15, 0.2) is 42.9 Å². The molecule has 2 aromatic carbocycles. The molecule has 4 N–H and O–H groups in total. The molecule has 28 heavy (non-hydrogen) atoms. The first-order valence-corrected chi connectivity index (χ1v) is 9.54. The molecule has 0 radical (unpaired) electrons. The van der Waals surface area contributed by atoms with Gasteiger partial charge in [0.05, 0.1) is 17.0 Å². The number of anilines is 1. The van der Waals surface area contributed by atoms with Crippen LogP contribution in [0.25, 0.3) is 0 Å². The van der Waals surface area contributed by atoms with Gasteiger partial charge in [-0.2, -0.15) is 0 Å². The Balaban J connectivity index is 1.89. The van der Waals surface area contributed by atoms with Crippen molar-refractivity contribution in [1.82, 2.24) is 15.3 Å². The molecular weight excluding hydrogens is 379 g/mol. The van der Waals surface area contributed by atoms with Gasteiger partial charge in [0, 0.05) is 29.5 Å². The molecule has 0 aliphatic heterocycles. The van der Waals surface area contributed by atoms with E-state index in [2.05, 4.69) is 15.3 Å². The van der Waals surface area contributed by atoms with Crippen LogP contribution in [0.4, 0.5) is 10.1 Å². The normalized spacial score (nSPS) is 13.3. The zero-order valence-corrected chi connectivity index (χ0v) is 16.8. The van der Waals surface area contributed by atoms with Crippen molar-refractivity contribution in [3.63, 3.8) is 0 Å². The number of benzene rings is 2. The van der Waals surface area contributed by atoms with Gasteiger partial charge in [0.2, 0.25) is 0 Å². The Hall–Kier alpha value is -2.57. The summed E-state index contributed by atoms with van der Waals surface area (Å²) >= 11 is 6.23. The molecule has 0 saturated carbocycles. The van der Waals surface area contributed by atoms with Gasteiger partial charge in [0.15, 0.2) is 11.6 Å². The molecule has 0 spiro atoms. The van der Waals surface area contributed by atoms with Crippen LogP contribution < -0.4 is 15.8 Å². The molecule has 2 atom stereocenters. The van der Waals surface area contributed by atoms with E-state index in [1.165, 1.54) is 0 Å². The fourth-order valence-corrected chi connectivity index (χ4v) is 3.25. The molecule has 7 heteroatoms. The zero-order chi connectivity index (χ0) is 20.3. The summed E-state index contributed by atoms with van der Waals surface area (Å²) in [5.74, 6) is 0.0207. The maximum absolute atomic E-state index is 15.3. The van der Waals surface area contributed by atoms with Crippen molar-refractivity contribution in [3.8, 4) is 11.5 Å². The van der Waals surface area contributed by atoms with Crippen molar-refractivity contribution >= 4 is 17.3 Å². The number of aromatic amines is 1. The minimum Gasteiger partial charge on any atom is -0.453 e. The molecule has 0 bridgehead atoms. The molecule has 1 heterocycles. The quantitative estimate of drug-likeness (QED) is 0.444. The SMILES string of the molecule is CC[C@@H](N[C@@H](C)c1cnc[nH]1)c1ccc(Cl)c(Oc2ccc(N)c(C)c2)c1F. The highest BCUT2D eigenvalue weighted by molar-refractivity contribution is 6.32. The number of H-pyrrole nitrogens is 1. The maximum atomic E-state index is 15.3. The number of nitrogen functional groups attached to an aromatic ring is 1. The number of nitrogens with zero attached hydrogens (tertiary/aromatic N) is 1. The monoisotopic (exact) mass is 402 g/mol. The summed E-state index contributed by atoms with van der Waals surface area (Å²) in [5.41, 5.74) is 8.77. The molecule has 0 aliphatic rings. The van der Waals surface area contributed by atoms with Gasteiger partial charge in [0.1, 0.15) is 5.75 Å². The largest absolute Gasteiger partial charge is 0.453 e. The molecule has 0 fully saturated rings. The van der Waals surface area contributed by atoms with Gasteiger partial charge in [-0.3, -0.25) is 0 Å². The van der Waals surface area contributed by atoms with Crippen molar-refractivity contribution < 1.29 is 9.13 Å². The van der Waals surface area contributed by atoms with Gasteiger partial charge in [0.25, 0.3) is 0 Å². The summed E-state index contributed by atoms with van der Waals surface area (Å²) in [6.45, 7) is 5.86. The third-order valence-electron chi connectivity index (χ3n) is 4.76. The lowest BCUT2D eigenvalue weighted by Gasteiger charge is -2.23. The number of nitrogens with one attached hydrogen (secondary N) is 2. The van der Waals surface area contributed by atoms with Crippen molar-refractivity contribution in [1.29, 1.82) is 0 Å². The predicted molar refractivity (Wildman–Crippen MR) is 110 cm³/mol. The summed E-state index contributed by atoms with van der Waals surface area (Å²) in [5, 5.41) is 3.64. The average Bonchev–Trinajstić information content (AvgIpc) is 3.21. The highest BCUT2D eigenvalue weighted by Gasteiger charge is 2.22. The van der Waals surface area contributed by atoms with Crippen LogP contribution in [0, 0.1) is 12.7 Å². The Bertz CT molecular complexity index is 946. The number of imidazole rings is 1. The van der Waals surface area contributed by atoms with Crippen LogP contribution >= 0.6 is 11.6 Å². The third kappa shape index (κ3) is 4.29. The predicted octanol–water partition coefficient (Wildman–Crippen LogP) is 5.69. The highest BCUT2D eigenvalue weighted by Crippen LogP contribution is 2.37. The van der Waals surface area contributed by atoms with Gasteiger partial charge in [-0.1, -0.05) is 24.6 Å². The first-order valence-electron chi connectivity index (χ1n) is 9.16. The van der Waals surface area contributed by atoms with E-state index >= 15 is 4.39 Å². The summed E-state index contributed by atoms with van der Waals surface area (Å²) in [4.78, 5) is 7.11. The molecule has 5 nitrogen and oxygen atoms in total. The number of rotatable bonds is 7. The minimum absolute atomic E-state index is 0.0118. The minimum atomic E-state index is -0.474. The summed E-state index contributed by atoms with van der Waals surface area (Å²) in [7, 11) is 0. The van der Waals surface area contributed by atoms with E-state index < -0.39 is 5.82 Å². The van der Waals surface area contributed by atoms with Crippen LogP contribution in [0.1, 0.15) is 49.2 Å². The van der Waals surface area contributed by atoms with Crippen LogP contribution in [0.2, 0.25) is 5.02 Å². The molecule has 3 rings (SSSR count). The van der Waals surface area contributed by atoms with E-state index in [0.717, 1.165) is 11.3 Å². The van der Waals surface area contributed by atoms with Crippen molar-refractivity contribution in [2.45, 2.75) is 39.3 Å². The highest BCUT2D eigenvalue weighted by atomic mass is 35.5. The lowest BCUT2D eigenvalue weighted by atomic mass is 10.0. The topological polar surface area (TPSA) is 76.0 Å². The Morgan fingerprint density at radius 3 is 2.75 bits per heavy atom. The second-order valence-corrected chi connectivity index (χ2v) is 7.16. The van der Waals surface area contributed by atoms with Gasteiger partial charge in [-0.25, -0.2) is 9.37 Å². The Labute approximate surface area is 169 Å². The van der Waals surface area contributed by atoms with Crippen LogP contribution in [0.3, 0.4) is 0 Å². The summed E-state index contributed by atoms with van der Waals surface area (Å²) in [6.07, 6.45) is 4.07. The molecule has 3 aromatic rings. The van der Waals surface area contributed by atoms with Crippen molar-refractivity contribution in [3.05, 3.63) is 70.5 Å². The summed E-state index contributed by atoms with van der Waals surface area (Å²) in [6, 6.07) is 8.29. The number of aromatic nitrogens is 2. The molecule has 0 aliphatic carbocycles.